The molecule has 3 aromatic rings. The monoisotopic (exact) mass is 267 g/mol. The number of carbonyl (C=O) groups is 1. The third-order valence-electron chi connectivity index (χ3n) is 2.99. The smallest absolute Gasteiger partial charge is 0.150 e. The molecule has 0 radical (unpaired) electrons. The predicted molar refractivity (Wildman–Crippen MR) is 77.6 cm³/mol. The summed E-state index contributed by atoms with van der Waals surface area (Å²) < 4.78 is 0. The van der Waals surface area contributed by atoms with Crippen molar-refractivity contribution in [1.29, 1.82) is 0 Å². The molecular weight excluding hydrogens is 258 g/mol. The minimum atomic E-state index is 0.661. The lowest BCUT2D eigenvalue weighted by Gasteiger charge is -2.04. The number of rotatable bonds is 2. The molecule has 2 nitrogen and oxygen atoms in total. The Morgan fingerprint density at radius 3 is 2.47 bits per heavy atom. The highest BCUT2D eigenvalue weighted by molar-refractivity contribution is 6.30. The Bertz CT molecular complexity index is 750. The van der Waals surface area contributed by atoms with Gasteiger partial charge < -0.3 is 0 Å². The van der Waals surface area contributed by atoms with E-state index < -0.39 is 0 Å². The number of hydrogen-bond donors (Lipinski definition) is 0. The standard InChI is InChI=1S/C16H10ClNO/c17-14-5-2-12(3-6-14)15-8-4-13-9-11(10-19)1-7-16(13)18-15/h1-10H. The van der Waals surface area contributed by atoms with E-state index in [-0.39, 0.29) is 0 Å². The summed E-state index contributed by atoms with van der Waals surface area (Å²) in [6.45, 7) is 0. The number of pyridine rings is 1. The number of nitrogens with zero attached hydrogens (tertiary/aromatic N) is 1. The van der Waals surface area contributed by atoms with Gasteiger partial charge in [-0.3, -0.25) is 4.79 Å². The first-order valence-corrected chi connectivity index (χ1v) is 6.26. The maximum Gasteiger partial charge on any atom is 0.150 e. The van der Waals surface area contributed by atoms with Crippen molar-refractivity contribution in [2.24, 2.45) is 0 Å². The molecule has 3 heteroatoms. The van der Waals surface area contributed by atoms with E-state index in [2.05, 4.69) is 4.98 Å². The average molecular weight is 268 g/mol. The summed E-state index contributed by atoms with van der Waals surface area (Å²) >= 11 is 5.87. The van der Waals surface area contributed by atoms with E-state index >= 15 is 0 Å². The maximum atomic E-state index is 10.7. The molecule has 0 aliphatic rings. The molecule has 3 rings (SSSR count). The molecular formula is C16H10ClNO. The van der Waals surface area contributed by atoms with Crippen LogP contribution >= 0.6 is 11.6 Å². The van der Waals surface area contributed by atoms with Crippen molar-refractivity contribution in [2.45, 2.75) is 0 Å². The zero-order chi connectivity index (χ0) is 13.2. The normalized spacial score (nSPS) is 10.6. The van der Waals surface area contributed by atoms with Gasteiger partial charge in [0.1, 0.15) is 6.29 Å². The van der Waals surface area contributed by atoms with Crippen LogP contribution in [-0.2, 0) is 0 Å². The number of carbonyl (C=O) groups excluding carboxylic acids is 1. The molecule has 0 amide bonds. The molecule has 1 aromatic heterocycles. The third-order valence-corrected chi connectivity index (χ3v) is 3.24. The van der Waals surface area contributed by atoms with Crippen LogP contribution in [0.1, 0.15) is 10.4 Å². The van der Waals surface area contributed by atoms with Gasteiger partial charge in [0.25, 0.3) is 0 Å². The van der Waals surface area contributed by atoms with Crippen LogP contribution in [0.25, 0.3) is 22.2 Å². The first-order chi connectivity index (χ1) is 9.26. The molecule has 0 atom stereocenters. The van der Waals surface area contributed by atoms with Gasteiger partial charge in [-0.25, -0.2) is 4.98 Å². The zero-order valence-corrected chi connectivity index (χ0v) is 10.8. The van der Waals surface area contributed by atoms with Crippen molar-refractivity contribution in [2.75, 3.05) is 0 Å². The molecule has 0 unspecified atom stereocenters. The summed E-state index contributed by atoms with van der Waals surface area (Å²) in [7, 11) is 0. The molecule has 0 aliphatic carbocycles. The predicted octanol–water partition coefficient (Wildman–Crippen LogP) is 4.37. The van der Waals surface area contributed by atoms with Gasteiger partial charge in [0, 0.05) is 21.5 Å². The summed E-state index contributed by atoms with van der Waals surface area (Å²) in [4.78, 5) is 15.3. The van der Waals surface area contributed by atoms with Gasteiger partial charge in [0.2, 0.25) is 0 Å². The molecule has 92 valence electrons. The van der Waals surface area contributed by atoms with Crippen LogP contribution in [0.2, 0.25) is 5.02 Å². The quantitative estimate of drug-likeness (QED) is 0.646. The van der Waals surface area contributed by atoms with Crippen LogP contribution < -0.4 is 0 Å². The molecule has 0 saturated heterocycles. The Morgan fingerprint density at radius 1 is 0.947 bits per heavy atom. The highest BCUT2D eigenvalue weighted by Crippen LogP contribution is 2.23. The van der Waals surface area contributed by atoms with Gasteiger partial charge in [0.05, 0.1) is 11.2 Å². The van der Waals surface area contributed by atoms with Gasteiger partial charge in [0.15, 0.2) is 0 Å². The fraction of sp³-hybridized carbons (Fsp3) is 0. The lowest BCUT2D eigenvalue weighted by atomic mass is 10.1. The van der Waals surface area contributed by atoms with E-state index in [4.69, 9.17) is 11.6 Å². The van der Waals surface area contributed by atoms with Crippen molar-refractivity contribution >= 4 is 28.8 Å². The third kappa shape index (κ3) is 2.35. The minimum absolute atomic E-state index is 0.661. The number of aldehydes is 1. The topological polar surface area (TPSA) is 30.0 Å². The van der Waals surface area contributed by atoms with Gasteiger partial charge in [-0.1, -0.05) is 29.8 Å². The molecule has 0 fully saturated rings. The van der Waals surface area contributed by atoms with Crippen molar-refractivity contribution in [3.63, 3.8) is 0 Å². The van der Waals surface area contributed by atoms with Crippen LogP contribution in [-0.4, -0.2) is 11.3 Å². The number of fused-ring (bicyclic) bond motifs is 1. The number of benzene rings is 2. The van der Waals surface area contributed by atoms with Gasteiger partial charge in [-0.2, -0.15) is 0 Å². The van der Waals surface area contributed by atoms with Gasteiger partial charge in [-0.15, -0.1) is 0 Å². The van der Waals surface area contributed by atoms with E-state index in [0.717, 1.165) is 28.4 Å². The van der Waals surface area contributed by atoms with Gasteiger partial charge in [-0.05, 0) is 36.4 Å². The Hall–Kier alpha value is -2.19. The van der Waals surface area contributed by atoms with Crippen LogP contribution in [0.4, 0.5) is 0 Å². The highest BCUT2D eigenvalue weighted by atomic mass is 35.5. The Labute approximate surface area is 115 Å². The van der Waals surface area contributed by atoms with Crippen molar-refractivity contribution in [3.05, 3.63) is 65.2 Å². The van der Waals surface area contributed by atoms with Crippen LogP contribution in [0.15, 0.2) is 54.6 Å². The second-order valence-corrected chi connectivity index (χ2v) is 4.71. The molecule has 0 N–H and O–H groups in total. The SMILES string of the molecule is O=Cc1ccc2nc(-c3ccc(Cl)cc3)ccc2c1. The summed E-state index contributed by atoms with van der Waals surface area (Å²) in [5, 5.41) is 1.67. The molecule has 0 saturated carbocycles. The Morgan fingerprint density at radius 2 is 1.74 bits per heavy atom. The molecule has 1 heterocycles. The minimum Gasteiger partial charge on any atom is -0.298 e. The lowest BCUT2D eigenvalue weighted by Crippen LogP contribution is -1.87. The molecule has 0 spiro atoms. The summed E-state index contributed by atoms with van der Waals surface area (Å²) in [5.41, 5.74) is 3.44. The number of aromatic nitrogens is 1. The fourth-order valence-corrected chi connectivity index (χ4v) is 2.12. The fourth-order valence-electron chi connectivity index (χ4n) is 2.00. The summed E-state index contributed by atoms with van der Waals surface area (Å²) in [5.74, 6) is 0. The van der Waals surface area contributed by atoms with Crippen LogP contribution in [0.5, 0.6) is 0 Å². The van der Waals surface area contributed by atoms with E-state index in [0.29, 0.717) is 10.6 Å². The number of halogens is 1. The molecule has 0 aliphatic heterocycles. The highest BCUT2D eigenvalue weighted by Gasteiger charge is 2.02. The first-order valence-electron chi connectivity index (χ1n) is 5.88. The largest absolute Gasteiger partial charge is 0.298 e. The van der Waals surface area contributed by atoms with E-state index in [9.17, 15) is 4.79 Å². The van der Waals surface area contributed by atoms with Crippen molar-refractivity contribution in [1.82, 2.24) is 4.98 Å². The number of hydrogen-bond acceptors (Lipinski definition) is 2. The van der Waals surface area contributed by atoms with E-state index in [1.54, 1.807) is 6.07 Å². The summed E-state index contributed by atoms with van der Waals surface area (Å²) in [6, 6.07) is 17.0. The average Bonchev–Trinajstić information content (AvgIpc) is 2.47. The lowest BCUT2D eigenvalue weighted by molar-refractivity contribution is 0.112. The molecule has 2 aromatic carbocycles. The van der Waals surface area contributed by atoms with Crippen molar-refractivity contribution in [3.8, 4) is 11.3 Å². The van der Waals surface area contributed by atoms with Gasteiger partial charge >= 0.3 is 0 Å². The first kappa shape index (κ1) is 11.9. The molecule has 0 bridgehead atoms. The Balaban J connectivity index is 2.11. The van der Waals surface area contributed by atoms with Crippen molar-refractivity contribution < 1.29 is 4.79 Å². The zero-order valence-electron chi connectivity index (χ0n) is 10.0. The Kier molecular flexibility index (Phi) is 3.02. The van der Waals surface area contributed by atoms with Crippen LogP contribution in [0, 0.1) is 0 Å². The second kappa shape index (κ2) is 4.82. The van der Waals surface area contributed by atoms with Crippen LogP contribution in [0.3, 0.4) is 0 Å². The summed E-state index contributed by atoms with van der Waals surface area (Å²) in [6.07, 6.45) is 0.840. The molecule has 19 heavy (non-hydrogen) atoms. The maximum absolute atomic E-state index is 10.7. The van der Waals surface area contributed by atoms with E-state index in [1.807, 2.05) is 48.5 Å². The van der Waals surface area contributed by atoms with E-state index in [1.165, 1.54) is 0 Å². The second-order valence-electron chi connectivity index (χ2n) is 4.27.